The molecule has 2 rings (SSSR count). The van der Waals surface area contributed by atoms with Gasteiger partial charge in [0.15, 0.2) is 0 Å². The molecule has 1 aliphatic heterocycles. The van der Waals surface area contributed by atoms with Crippen molar-refractivity contribution in [3.05, 3.63) is 24.3 Å². The summed E-state index contributed by atoms with van der Waals surface area (Å²) in [6.45, 7) is 0.477. The van der Waals surface area contributed by atoms with E-state index in [2.05, 4.69) is 4.72 Å². The third-order valence-corrected chi connectivity index (χ3v) is 5.37. The largest absolute Gasteiger partial charge is 0.508 e. The monoisotopic (exact) mass is 273 g/mol. The lowest BCUT2D eigenvalue weighted by Gasteiger charge is -2.10. The van der Waals surface area contributed by atoms with Gasteiger partial charge >= 0.3 is 0 Å². The minimum Gasteiger partial charge on any atom is -0.508 e. The summed E-state index contributed by atoms with van der Waals surface area (Å²) in [7, 11) is -3.49. The van der Waals surface area contributed by atoms with Crippen molar-refractivity contribution < 1.29 is 13.5 Å². The summed E-state index contributed by atoms with van der Waals surface area (Å²) in [5, 5.41) is 9.26. The first-order valence-electron chi connectivity index (χ1n) is 5.44. The third kappa shape index (κ3) is 3.37. The van der Waals surface area contributed by atoms with Crippen molar-refractivity contribution >= 4 is 21.8 Å². The molecule has 0 amide bonds. The van der Waals surface area contributed by atoms with E-state index in [9.17, 15) is 13.5 Å². The van der Waals surface area contributed by atoms with Gasteiger partial charge in [0.05, 0.1) is 4.90 Å². The zero-order chi connectivity index (χ0) is 12.3. The van der Waals surface area contributed by atoms with Crippen LogP contribution in [0.3, 0.4) is 0 Å². The minimum absolute atomic E-state index is 0.0377. The summed E-state index contributed by atoms with van der Waals surface area (Å²) < 4.78 is 26.4. The molecule has 1 unspecified atom stereocenters. The van der Waals surface area contributed by atoms with E-state index in [1.807, 2.05) is 11.8 Å². The minimum atomic E-state index is -3.49. The average molecular weight is 273 g/mol. The summed E-state index contributed by atoms with van der Waals surface area (Å²) >= 11 is 1.86. The molecule has 1 atom stereocenters. The van der Waals surface area contributed by atoms with Gasteiger partial charge < -0.3 is 5.11 Å². The van der Waals surface area contributed by atoms with Crippen LogP contribution in [-0.2, 0) is 10.0 Å². The van der Waals surface area contributed by atoms with E-state index in [-0.39, 0.29) is 10.6 Å². The van der Waals surface area contributed by atoms with Crippen molar-refractivity contribution in [2.75, 3.05) is 18.1 Å². The maximum absolute atomic E-state index is 11.9. The number of rotatable bonds is 4. The van der Waals surface area contributed by atoms with Crippen LogP contribution in [0.25, 0.3) is 0 Å². The molecule has 1 aromatic rings. The van der Waals surface area contributed by atoms with E-state index in [1.54, 1.807) is 0 Å². The van der Waals surface area contributed by atoms with Gasteiger partial charge in [-0.25, -0.2) is 13.1 Å². The molecule has 4 nitrogen and oxygen atoms in total. The van der Waals surface area contributed by atoms with Crippen LogP contribution in [0.15, 0.2) is 29.2 Å². The van der Waals surface area contributed by atoms with Crippen LogP contribution in [0, 0.1) is 5.92 Å². The first-order chi connectivity index (χ1) is 8.08. The lowest BCUT2D eigenvalue weighted by molar-refractivity contribution is 0.473. The Morgan fingerprint density at radius 2 is 2.29 bits per heavy atom. The van der Waals surface area contributed by atoms with Crippen LogP contribution in [0.2, 0.25) is 0 Å². The van der Waals surface area contributed by atoms with E-state index in [0.717, 1.165) is 17.9 Å². The molecular formula is C11H15NO3S2. The molecule has 0 aromatic heterocycles. The Bertz CT molecular complexity index is 481. The van der Waals surface area contributed by atoms with Crippen molar-refractivity contribution in [3.63, 3.8) is 0 Å². The van der Waals surface area contributed by atoms with Crippen molar-refractivity contribution in [2.45, 2.75) is 11.3 Å². The van der Waals surface area contributed by atoms with E-state index in [4.69, 9.17) is 0 Å². The zero-order valence-corrected chi connectivity index (χ0v) is 10.9. The van der Waals surface area contributed by atoms with Gasteiger partial charge in [-0.05, 0) is 42.0 Å². The molecule has 2 N–H and O–H groups in total. The number of thioether (sulfide) groups is 1. The lowest BCUT2D eigenvalue weighted by Crippen LogP contribution is -2.29. The number of nitrogens with one attached hydrogen (secondary N) is 1. The smallest absolute Gasteiger partial charge is 0.240 e. The summed E-state index contributed by atoms with van der Waals surface area (Å²) in [5.41, 5.74) is 0. The third-order valence-electron chi connectivity index (χ3n) is 2.71. The van der Waals surface area contributed by atoms with Crippen molar-refractivity contribution in [3.8, 4) is 5.75 Å². The van der Waals surface area contributed by atoms with Crippen molar-refractivity contribution in [1.29, 1.82) is 0 Å². The SMILES string of the molecule is O=S(=O)(NCC1CCSC1)c1cccc(O)c1. The Morgan fingerprint density at radius 3 is 2.94 bits per heavy atom. The normalized spacial score (nSPS) is 20.6. The molecule has 0 aliphatic carbocycles. The second-order valence-electron chi connectivity index (χ2n) is 4.08. The van der Waals surface area contributed by atoms with Gasteiger partial charge in [-0.15, -0.1) is 0 Å². The first kappa shape index (κ1) is 12.7. The molecular weight excluding hydrogens is 258 g/mol. The first-order valence-corrected chi connectivity index (χ1v) is 8.08. The maximum atomic E-state index is 11.9. The van der Waals surface area contributed by atoms with E-state index in [1.165, 1.54) is 24.3 Å². The fraction of sp³-hybridized carbons (Fsp3) is 0.455. The number of sulfonamides is 1. The Kier molecular flexibility index (Phi) is 3.96. The molecule has 1 saturated heterocycles. The highest BCUT2D eigenvalue weighted by molar-refractivity contribution is 7.99. The molecule has 1 aliphatic rings. The lowest BCUT2D eigenvalue weighted by atomic mass is 10.1. The Morgan fingerprint density at radius 1 is 1.47 bits per heavy atom. The molecule has 0 spiro atoms. The van der Waals surface area contributed by atoms with Gasteiger partial charge in [-0.3, -0.25) is 0 Å². The van der Waals surface area contributed by atoms with E-state index in [0.29, 0.717) is 12.5 Å². The molecule has 6 heteroatoms. The number of phenols is 1. The van der Waals surface area contributed by atoms with E-state index >= 15 is 0 Å². The van der Waals surface area contributed by atoms with Crippen molar-refractivity contribution in [2.24, 2.45) is 5.92 Å². The Hall–Kier alpha value is -0.720. The summed E-state index contributed by atoms with van der Waals surface area (Å²) in [5.74, 6) is 2.51. The Balaban J connectivity index is 2.03. The van der Waals surface area contributed by atoms with E-state index < -0.39 is 10.0 Å². The number of hydrogen-bond acceptors (Lipinski definition) is 4. The van der Waals surface area contributed by atoms with Gasteiger partial charge in [-0.2, -0.15) is 11.8 Å². The highest BCUT2D eigenvalue weighted by Crippen LogP contribution is 2.23. The molecule has 17 heavy (non-hydrogen) atoms. The molecule has 0 bridgehead atoms. The maximum Gasteiger partial charge on any atom is 0.240 e. The number of aromatic hydroxyl groups is 1. The second kappa shape index (κ2) is 5.29. The molecule has 1 fully saturated rings. The predicted molar refractivity (Wildman–Crippen MR) is 68.7 cm³/mol. The summed E-state index contributed by atoms with van der Waals surface area (Å²) in [4.78, 5) is 0.114. The fourth-order valence-electron chi connectivity index (χ4n) is 1.71. The zero-order valence-electron chi connectivity index (χ0n) is 9.30. The quantitative estimate of drug-likeness (QED) is 0.871. The summed E-state index contributed by atoms with van der Waals surface area (Å²) in [6.07, 6.45) is 1.06. The van der Waals surface area contributed by atoms with Crippen LogP contribution in [0.1, 0.15) is 6.42 Å². The van der Waals surface area contributed by atoms with Gasteiger partial charge in [0.2, 0.25) is 10.0 Å². The van der Waals surface area contributed by atoms with Gasteiger partial charge in [-0.1, -0.05) is 6.07 Å². The molecule has 1 heterocycles. The van der Waals surface area contributed by atoms with Crippen LogP contribution >= 0.6 is 11.8 Å². The van der Waals surface area contributed by atoms with Gasteiger partial charge in [0.1, 0.15) is 5.75 Å². The molecule has 0 radical (unpaired) electrons. The standard InChI is InChI=1S/C11H15NO3S2/c13-10-2-1-3-11(6-10)17(14,15)12-7-9-4-5-16-8-9/h1-3,6,9,12-13H,4-5,7-8H2. The molecule has 0 saturated carbocycles. The number of hydrogen-bond donors (Lipinski definition) is 2. The predicted octanol–water partition coefficient (Wildman–Crippen LogP) is 1.42. The van der Waals surface area contributed by atoms with Crippen LogP contribution in [0.5, 0.6) is 5.75 Å². The van der Waals surface area contributed by atoms with Gasteiger partial charge in [0, 0.05) is 6.54 Å². The van der Waals surface area contributed by atoms with Crippen molar-refractivity contribution in [1.82, 2.24) is 4.72 Å². The highest BCUT2D eigenvalue weighted by Gasteiger charge is 2.20. The number of phenolic OH excluding ortho intramolecular Hbond substituents is 1. The van der Waals surface area contributed by atoms with Gasteiger partial charge in [0.25, 0.3) is 0 Å². The Labute approximate surface area is 105 Å². The van der Waals surface area contributed by atoms with Crippen LogP contribution in [-0.4, -0.2) is 31.6 Å². The summed E-state index contributed by atoms with van der Waals surface area (Å²) in [6, 6.07) is 5.71. The molecule has 94 valence electrons. The topological polar surface area (TPSA) is 66.4 Å². The van der Waals surface area contributed by atoms with Crippen LogP contribution in [0.4, 0.5) is 0 Å². The fourth-order valence-corrected chi connectivity index (χ4v) is 4.15. The average Bonchev–Trinajstić information content (AvgIpc) is 2.79. The highest BCUT2D eigenvalue weighted by atomic mass is 32.2. The number of benzene rings is 1. The molecule has 1 aromatic carbocycles. The second-order valence-corrected chi connectivity index (χ2v) is 7.00. The van der Waals surface area contributed by atoms with Crippen LogP contribution < -0.4 is 4.72 Å².